The number of nitrogens with zero attached hydrogens (tertiary/aromatic N) is 6. The van der Waals surface area contributed by atoms with Crippen molar-refractivity contribution in [2.24, 2.45) is 0 Å². The third-order valence-electron chi connectivity index (χ3n) is 4.79. The molecule has 0 amide bonds. The Morgan fingerprint density at radius 1 is 1.17 bits per heavy atom. The molecule has 4 rings (SSSR count). The number of nitrogens with one attached hydrogen (secondary N) is 1. The molecule has 7 nitrogen and oxygen atoms in total. The van der Waals surface area contributed by atoms with Crippen LogP contribution in [0.4, 0.5) is 5.82 Å². The molecular formula is C16H23N7. The molecule has 0 aliphatic carbocycles. The normalized spacial score (nSPS) is 19.0. The number of aromatic nitrogens is 5. The zero-order valence-corrected chi connectivity index (χ0v) is 13.6. The lowest BCUT2D eigenvalue weighted by Gasteiger charge is -2.32. The highest BCUT2D eigenvalue weighted by Crippen LogP contribution is 2.19. The summed E-state index contributed by atoms with van der Waals surface area (Å²) in [5.74, 6) is 3.23. The zero-order chi connectivity index (χ0) is 15.6. The maximum Gasteiger partial charge on any atom is 0.147 e. The first-order chi connectivity index (χ1) is 11.3. The molecule has 0 atom stereocenters. The fourth-order valence-corrected chi connectivity index (χ4v) is 3.51. The molecule has 2 aromatic heterocycles. The predicted molar refractivity (Wildman–Crippen MR) is 87.0 cm³/mol. The van der Waals surface area contributed by atoms with Crippen LogP contribution in [0.1, 0.15) is 36.6 Å². The van der Waals surface area contributed by atoms with Crippen LogP contribution < -0.4 is 5.32 Å². The number of anilines is 1. The molecule has 122 valence electrons. The minimum Gasteiger partial charge on any atom is -0.367 e. The van der Waals surface area contributed by atoms with Gasteiger partial charge in [-0.2, -0.15) is 0 Å². The van der Waals surface area contributed by atoms with E-state index in [4.69, 9.17) is 0 Å². The lowest BCUT2D eigenvalue weighted by Crippen LogP contribution is -2.39. The molecule has 0 aromatic carbocycles. The lowest BCUT2D eigenvalue weighted by molar-refractivity contribution is 0.204. The Kier molecular flexibility index (Phi) is 3.95. The molecule has 0 saturated carbocycles. The largest absolute Gasteiger partial charge is 0.367 e. The van der Waals surface area contributed by atoms with E-state index < -0.39 is 0 Å². The van der Waals surface area contributed by atoms with Gasteiger partial charge in [-0.05, 0) is 26.2 Å². The summed E-state index contributed by atoms with van der Waals surface area (Å²) in [6, 6.07) is 2.50. The van der Waals surface area contributed by atoms with E-state index in [1.165, 1.54) is 6.42 Å². The van der Waals surface area contributed by atoms with Gasteiger partial charge in [-0.3, -0.25) is 4.90 Å². The minimum atomic E-state index is 0.490. The fraction of sp³-hybridized carbons (Fsp3) is 0.625. The number of hydrogen-bond acceptors (Lipinski definition) is 6. The van der Waals surface area contributed by atoms with Gasteiger partial charge >= 0.3 is 0 Å². The van der Waals surface area contributed by atoms with Crippen molar-refractivity contribution in [2.75, 3.05) is 18.4 Å². The summed E-state index contributed by atoms with van der Waals surface area (Å²) < 4.78 is 2.30. The average molecular weight is 313 g/mol. The topological polar surface area (TPSA) is 71.8 Å². The summed E-state index contributed by atoms with van der Waals surface area (Å²) in [6.07, 6.45) is 6.17. The molecule has 2 aliphatic heterocycles. The van der Waals surface area contributed by atoms with E-state index in [-0.39, 0.29) is 0 Å². The van der Waals surface area contributed by atoms with E-state index in [1.54, 1.807) is 6.33 Å². The number of aryl methyl sites for hydroxylation is 2. The molecular weight excluding hydrogens is 290 g/mol. The number of rotatable bonds is 4. The highest BCUT2D eigenvalue weighted by Gasteiger charge is 2.23. The van der Waals surface area contributed by atoms with Gasteiger partial charge in [-0.1, -0.05) is 0 Å². The van der Waals surface area contributed by atoms with Crippen LogP contribution in [-0.4, -0.2) is 48.8 Å². The van der Waals surface area contributed by atoms with E-state index >= 15 is 0 Å². The minimum absolute atomic E-state index is 0.490. The van der Waals surface area contributed by atoms with Crippen LogP contribution in [0.15, 0.2) is 12.4 Å². The van der Waals surface area contributed by atoms with E-state index in [0.717, 1.165) is 68.6 Å². The Balaban J connectivity index is 1.30. The zero-order valence-electron chi connectivity index (χ0n) is 13.6. The standard InChI is InChI=1S/C16H23N7/c1-12-9-14(18-11-17-12)19-13-4-7-22(8-5-13)10-16-21-20-15-3-2-6-23(15)16/h9,11,13H,2-8,10H2,1H3,(H,17,18,19). The van der Waals surface area contributed by atoms with Crippen LogP contribution in [0.2, 0.25) is 0 Å². The van der Waals surface area contributed by atoms with Gasteiger partial charge in [0.2, 0.25) is 0 Å². The van der Waals surface area contributed by atoms with Crippen molar-refractivity contribution in [3.63, 3.8) is 0 Å². The van der Waals surface area contributed by atoms with Crippen molar-refractivity contribution in [2.45, 2.75) is 51.7 Å². The van der Waals surface area contributed by atoms with Gasteiger partial charge in [0.1, 0.15) is 23.8 Å². The Labute approximate surface area is 136 Å². The summed E-state index contributed by atoms with van der Waals surface area (Å²) in [7, 11) is 0. The molecule has 0 spiro atoms. The number of piperidine rings is 1. The number of likely N-dealkylation sites (tertiary alicyclic amines) is 1. The van der Waals surface area contributed by atoms with Crippen molar-refractivity contribution in [1.82, 2.24) is 29.6 Å². The van der Waals surface area contributed by atoms with Gasteiger partial charge in [-0.15, -0.1) is 10.2 Å². The second kappa shape index (κ2) is 6.23. The second-order valence-corrected chi connectivity index (χ2v) is 6.53. The molecule has 4 heterocycles. The number of hydrogen-bond donors (Lipinski definition) is 1. The second-order valence-electron chi connectivity index (χ2n) is 6.53. The SMILES string of the molecule is Cc1cc(NC2CCN(Cc3nnc4n3CCC4)CC2)ncn1. The van der Waals surface area contributed by atoms with Crippen LogP contribution in [0.25, 0.3) is 0 Å². The highest BCUT2D eigenvalue weighted by molar-refractivity contribution is 5.35. The first-order valence-electron chi connectivity index (χ1n) is 8.46. The maximum atomic E-state index is 4.37. The summed E-state index contributed by atoms with van der Waals surface area (Å²) in [5.41, 5.74) is 1.00. The van der Waals surface area contributed by atoms with Crippen LogP contribution in [0.5, 0.6) is 0 Å². The van der Waals surface area contributed by atoms with Crippen molar-refractivity contribution in [3.05, 3.63) is 29.7 Å². The first kappa shape index (κ1) is 14.6. The smallest absolute Gasteiger partial charge is 0.147 e. The molecule has 2 aliphatic rings. The molecule has 23 heavy (non-hydrogen) atoms. The van der Waals surface area contributed by atoms with Gasteiger partial charge in [-0.25, -0.2) is 9.97 Å². The fourth-order valence-electron chi connectivity index (χ4n) is 3.51. The van der Waals surface area contributed by atoms with Crippen molar-refractivity contribution >= 4 is 5.82 Å². The molecule has 2 aromatic rings. The summed E-state index contributed by atoms with van der Waals surface area (Å²) in [6.45, 7) is 6.18. The quantitative estimate of drug-likeness (QED) is 0.920. The first-order valence-corrected chi connectivity index (χ1v) is 8.46. The Morgan fingerprint density at radius 2 is 2.04 bits per heavy atom. The van der Waals surface area contributed by atoms with Gasteiger partial charge in [0.05, 0.1) is 6.54 Å². The molecule has 1 fully saturated rings. The summed E-state index contributed by atoms with van der Waals surface area (Å²) in [5, 5.41) is 12.2. The van der Waals surface area contributed by atoms with Crippen LogP contribution in [0, 0.1) is 6.92 Å². The molecule has 0 unspecified atom stereocenters. The molecule has 1 N–H and O–H groups in total. The number of fused-ring (bicyclic) bond motifs is 1. The Hall–Kier alpha value is -2.02. The van der Waals surface area contributed by atoms with Crippen molar-refractivity contribution in [3.8, 4) is 0 Å². The monoisotopic (exact) mass is 313 g/mol. The van der Waals surface area contributed by atoms with Crippen LogP contribution in [-0.2, 0) is 19.5 Å². The third-order valence-corrected chi connectivity index (χ3v) is 4.79. The van der Waals surface area contributed by atoms with Crippen molar-refractivity contribution in [1.29, 1.82) is 0 Å². The molecule has 0 bridgehead atoms. The highest BCUT2D eigenvalue weighted by atomic mass is 15.3. The van der Waals surface area contributed by atoms with E-state index in [1.807, 2.05) is 13.0 Å². The third kappa shape index (κ3) is 3.19. The lowest BCUT2D eigenvalue weighted by atomic mass is 10.1. The van der Waals surface area contributed by atoms with Gasteiger partial charge in [0.25, 0.3) is 0 Å². The van der Waals surface area contributed by atoms with E-state index in [2.05, 4.69) is 34.9 Å². The summed E-state index contributed by atoms with van der Waals surface area (Å²) >= 11 is 0. The average Bonchev–Trinajstić information content (AvgIpc) is 3.14. The van der Waals surface area contributed by atoms with Gasteiger partial charge in [0.15, 0.2) is 0 Å². The molecule has 1 saturated heterocycles. The van der Waals surface area contributed by atoms with Crippen LogP contribution in [0.3, 0.4) is 0 Å². The summed E-state index contributed by atoms with van der Waals surface area (Å²) in [4.78, 5) is 10.9. The maximum absolute atomic E-state index is 4.37. The van der Waals surface area contributed by atoms with E-state index in [0.29, 0.717) is 6.04 Å². The van der Waals surface area contributed by atoms with Gasteiger partial charge in [0, 0.05) is 43.9 Å². The Bertz CT molecular complexity index is 673. The van der Waals surface area contributed by atoms with Gasteiger partial charge < -0.3 is 9.88 Å². The molecule has 7 heteroatoms. The van der Waals surface area contributed by atoms with Crippen molar-refractivity contribution < 1.29 is 0 Å². The van der Waals surface area contributed by atoms with E-state index in [9.17, 15) is 0 Å². The molecule has 0 radical (unpaired) electrons. The van der Waals surface area contributed by atoms with Crippen LogP contribution >= 0.6 is 0 Å². The Morgan fingerprint density at radius 3 is 2.87 bits per heavy atom. The predicted octanol–water partition coefficient (Wildman–Crippen LogP) is 1.40.